The molecule has 4 aliphatic carbocycles. The smallest absolute Gasteiger partial charge is 0.251 e. The fraction of sp³-hybridized carbons (Fsp3) is 0.652. The summed E-state index contributed by atoms with van der Waals surface area (Å²) in [4.78, 5) is 25.2. The van der Waals surface area contributed by atoms with Crippen molar-refractivity contribution in [1.82, 2.24) is 10.6 Å². The van der Waals surface area contributed by atoms with Gasteiger partial charge in [0.05, 0.1) is 0 Å². The number of nitrogens with two attached hydrogens (primary N) is 1. The van der Waals surface area contributed by atoms with Crippen LogP contribution in [0.3, 0.4) is 0 Å². The summed E-state index contributed by atoms with van der Waals surface area (Å²) in [7, 11) is 0. The summed E-state index contributed by atoms with van der Waals surface area (Å²) in [6, 6.07) is 7.55. The summed E-state index contributed by atoms with van der Waals surface area (Å²) < 4.78 is 0. The Morgan fingerprint density at radius 3 is 2.07 bits per heavy atom. The van der Waals surface area contributed by atoms with E-state index < -0.39 is 0 Å². The van der Waals surface area contributed by atoms with Crippen molar-refractivity contribution in [1.29, 1.82) is 0 Å². The summed E-state index contributed by atoms with van der Waals surface area (Å²) in [6.07, 6.45) is 9.14. The Morgan fingerprint density at radius 1 is 0.931 bits per heavy atom. The standard InChI is InChI=1S/C23H33N3O2.ClH/c24-7-1-2-8-25-21(27)20-5-3-16(4-6-20)15-26-22(28)23-12-17-9-18(13-23)11-19(10-17)14-23;/h3-6,17-19H,1-2,7-15,24H2,(H,25,27)(H,26,28);1H. The summed E-state index contributed by atoms with van der Waals surface area (Å²) in [5.74, 6) is 2.54. The van der Waals surface area contributed by atoms with E-state index in [0.29, 0.717) is 25.2 Å². The van der Waals surface area contributed by atoms with Gasteiger partial charge in [0, 0.05) is 24.1 Å². The van der Waals surface area contributed by atoms with E-state index in [1.54, 1.807) is 0 Å². The van der Waals surface area contributed by atoms with Crippen LogP contribution in [-0.4, -0.2) is 24.9 Å². The number of unbranched alkanes of at least 4 members (excludes halogenated alkanes) is 1. The second-order valence-corrected chi connectivity index (χ2v) is 9.33. The minimum absolute atomic E-state index is 0. The van der Waals surface area contributed by atoms with Gasteiger partial charge in [0.2, 0.25) is 5.91 Å². The highest BCUT2D eigenvalue weighted by molar-refractivity contribution is 5.94. The molecule has 0 aromatic heterocycles. The second-order valence-electron chi connectivity index (χ2n) is 9.33. The largest absolute Gasteiger partial charge is 0.352 e. The lowest BCUT2D eigenvalue weighted by molar-refractivity contribution is -0.146. The Labute approximate surface area is 180 Å². The third-order valence-corrected chi connectivity index (χ3v) is 7.11. The molecule has 29 heavy (non-hydrogen) atoms. The molecule has 0 atom stereocenters. The monoisotopic (exact) mass is 419 g/mol. The predicted molar refractivity (Wildman–Crippen MR) is 117 cm³/mol. The fourth-order valence-corrected chi connectivity index (χ4v) is 6.11. The van der Waals surface area contributed by atoms with Gasteiger partial charge in [0.25, 0.3) is 5.91 Å². The van der Waals surface area contributed by atoms with Crippen LogP contribution in [0.25, 0.3) is 0 Å². The van der Waals surface area contributed by atoms with Crippen molar-refractivity contribution in [3.8, 4) is 0 Å². The van der Waals surface area contributed by atoms with E-state index >= 15 is 0 Å². The molecule has 1 aromatic rings. The van der Waals surface area contributed by atoms with Gasteiger partial charge in [0.15, 0.2) is 0 Å². The molecule has 0 aliphatic heterocycles. The zero-order valence-corrected chi connectivity index (χ0v) is 17.9. The zero-order chi connectivity index (χ0) is 19.6. The Hall–Kier alpha value is -1.59. The molecule has 4 N–H and O–H groups in total. The lowest BCUT2D eigenvalue weighted by atomic mass is 9.49. The van der Waals surface area contributed by atoms with E-state index in [2.05, 4.69) is 10.6 Å². The van der Waals surface area contributed by atoms with Gasteiger partial charge in [-0.2, -0.15) is 0 Å². The molecule has 1 aromatic carbocycles. The number of hydrogen-bond acceptors (Lipinski definition) is 3. The highest BCUT2D eigenvalue weighted by Crippen LogP contribution is 2.60. The van der Waals surface area contributed by atoms with Gasteiger partial charge in [-0.1, -0.05) is 12.1 Å². The number of halogens is 1. The van der Waals surface area contributed by atoms with Gasteiger partial charge in [-0.3, -0.25) is 9.59 Å². The van der Waals surface area contributed by atoms with Crippen molar-refractivity contribution in [2.45, 2.75) is 57.9 Å². The Bertz CT molecular complexity index is 684. The average Bonchev–Trinajstić information content (AvgIpc) is 2.68. The van der Waals surface area contributed by atoms with Crippen molar-refractivity contribution >= 4 is 24.2 Å². The molecule has 160 valence electrons. The van der Waals surface area contributed by atoms with Crippen molar-refractivity contribution in [2.24, 2.45) is 28.9 Å². The molecular weight excluding hydrogens is 386 g/mol. The Balaban J connectivity index is 0.00000240. The first-order valence-corrected chi connectivity index (χ1v) is 10.9. The first-order valence-electron chi connectivity index (χ1n) is 10.9. The average molecular weight is 420 g/mol. The SMILES string of the molecule is Cl.NCCCCNC(=O)c1ccc(CNC(=O)C23CC4CC(CC(C4)C2)C3)cc1. The summed E-state index contributed by atoms with van der Waals surface area (Å²) in [6.45, 7) is 1.84. The Morgan fingerprint density at radius 2 is 1.52 bits per heavy atom. The van der Waals surface area contributed by atoms with Crippen LogP contribution >= 0.6 is 12.4 Å². The number of amides is 2. The molecule has 0 spiro atoms. The van der Waals surface area contributed by atoms with Crippen LogP contribution in [0.1, 0.15) is 67.3 Å². The molecule has 2 amide bonds. The van der Waals surface area contributed by atoms with E-state index in [1.165, 1.54) is 19.3 Å². The molecule has 4 fully saturated rings. The number of rotatable bonds is 8. The quantitative estimate of drug-likeness (QED) is 0.564. The highest BCUT2D eigenvalue weighted by Gasteiger charge is 2.54. The summed E-state index contributed by atoms with van der Waals surface area (Å²) >= 11 is 0. The minimum Gasteiger partial charge on any atom is -0.352 e. The number of carbonyl (C=O) groups excluding carboxylic acids is 2. The first-order chi connectivity index (χ1) is 13.6. The van der Waals surface area contributed by atoms with E-state index in [0.717, 1.165) is 55.4 Å². The van der Waals surface area contributed by atoms with Crippen molar-refractivity contribution in [3.05, 3.63) is 35.4 Å². The molecule has 4 aliphatic rings. The molecule has 0 radical (unpaired) electrons. The maximum atomic E-state index is 13.0. The third-order valence-electron chi connectivity index (χ3n) is 7.11. The van der Waals surface area contributed by atoms with E-state index in [9.17, 15) is 9.59 Å². The van der Waals surface area contributed by atoms with Gasteiger partial charge >= 0.3 is 0 Å². The third kappa shape index (κ3) is 4.95. The summed E-state index contributed by atoms with van der Waals surface area (Å²) in [5.41, 5.74) is 7.06. The first kappa shape index (κ1) is 22.1. The van der Waals surface area contributed by atoms with Gasteiger partial charge < -0.3 is 16.4 Å². The van der Waals surface area contributed by atoms with Gasteiger partial charge in [-0.15, -0.1) is 12.4 Å². The highest BCUT2D eigenvalue weighted by atomic mass is 35.5. The number of benzene rings is 1. The lowest BCUT2D eigenvalue weighted by Crippen LogP contribution is -2.53. The maximum Gasteiger partial charge on any atom is 0.251 e. The fourth-order valence-electron chi connectivity index (χ4n) is 6.11. The molecule has 5 rings (SSSR count). The van der Waals surface area contributed by atoms with Crippen molar-refractivity contribution < 1.29 is 9.59 Å². The summed E-state index contributed by atoms with van der Waals surface area (Å²) in [5, 5.41) is 6.12. The van der Waals surface area contributed by atoms with Crippen LogP contribution in [0.15, 0.2) is 24.3 Å². The van der Waals surface area contributed by atoms with Crippen LogP contribution in [0, 0.1) is 23.2 Å². The van der Waals surface area contributed by atoms with Crippen LogP contribution in [0.2, 0.25) is 0 Å². The zero-order valence-electron chi connectivity index (χ0n) is 17.1. The van der Waals surface area contributed by atoms with Gasteiger partial charge in [-0.05, 0) is 93.4 Å². The maximum absolute atomic E-state index is 13.0. The predicted octanol–water partition coefficient (Wildman–Crippen LogP) is 3.41. The minimum atomic E-state index is -0.0991. The topological polar surface area (TPSA) is 84.2 Å². The molecule has 0 saturated heterocycles. The number of hydrogen-bond donors (Lipinski definition) is 3. The molecular formula is C23H34ClN3O2. The molecule has 4 saturated carbocycles. The molecule has 6 heteroatoms. The number of nitrogens with one attached hydrogen (secondary N) is 2. The Kier molecular flexibility index (Phi) is 7.23. The van der Waals surface area contributed by atoms with Gasteiger partial charge in [0.1, 0.15) is 0 Å². The molecule has 4 bridgehead atoms. The second kappa shape index (κ2) is 9.48. The van der Waals surface area contributed by atoms with Crippen molar-refractivity contribution in [2.75, 3.05) is 13.1 Å². The van der Waals surface area contributed by atoms with E-state index in [4.69, 9.17) is 5.73 Å². The van der Waals surface area contributed by atoms with Crippen LogP contribution in [0.5, 0.6) is 0 Å². The van der Waals surface area contributed by atoms with Crippen LogP contribution in [0.4, 0.5) is 0 Å². The van der Waals surface area contributed by atoms with E-state index in [1.807, 2.05) is 24.3 Å². The molecule has 0 unspecified atom stereocenters. The molecule has 0 heterocycles. The van der Waals surface area contributed by atoms with Crippen LogP contribution < -0.4 is 16.4 Å². The number of carbonyl (C=O) groups is 2. The normalized spacial score (nSPS) is 29.2. The van der Waals surface area contributed by atoms with Crippen LogP contribution in [-0.2, 0) is 11.3 Å². The lowest BCUT2D eigenvalue weighted by Gasteiger charge is -2.55. The van der Waals surface area contributed by atoms with E-state index in [-0.39, 0.29) is 29.6 Å². The van der Waals surface area contributed by atoms with Gasteiger partial charge in [-0.25, -0.2) is 0 Å². The van der Waals surface area contributed by atoms with Crippen molar-refractivity contribution in [3.63, 3.8) is 0 Å². The molecule has 5 nitrogen and oxygen atoms in total.